The van der Waals surface area contributed by atoms with Crippen LogP contribution in [-0.4, -0.2) is 42.5 Å². The van der Waals surface area contributed by atoms with Crippen LogP contribution in [0.2, 0.25) is 0 Å². The highest BCUT2D eigenvalue weighted by molar-refractivity contribution is 6.11. The molecule has 1 saturated heterocycles. The van der Waals surface area contributed by atoms with Gasteiger partial charge in [-0.3, -0.25) is 9.59 Å². The molecule has 1 aromatic carbocycles. The molecule has 0 bridgehead atoms. The summed E-state index contributed by atoms with van der Waals surface area (Å²) in [5, 5.41) is 0.938. The topological polar surface area (TPSA) is 78.8 Å². The van der Waals surface area contributed by atoms with E-state index in [0.29, 0.717) is 0 Å². The number of methoxy groups -OCH3 is 1. The number of nitrogens with two attached hydrogens (primary N) is 1. The predicted molar refractivity (Wildman–Crippen MR) is 101 cm³/mol. The fraction of sp³-hybridized carbons (Fsp3) is 0.500. The van der Waals surface area contributed by atoms with Crippen molar-refractivity contribution in [3.05, 3.63) is 29.5 Å². The minimum Gasteiger partial charge on any atom is -0.497 e. The van der Waals surface area contributed by atoms with E-state index in [0.717, 1.165) is 53.8 Å². The van der Waals surface area contributed by atoms with Gasteiger partial charge in [0.15, 0.2) is 0 Å². The third kappa shape index (κ3) is 3.09. The van der Waals surface area contributed by atoms with Crippen molar-refractivity contribution in [1.82, 2.24) is 4.57 Å². The number of aryl methyl sites for hydroxylation is 1. The Bertz CT molecular complexity index is 848. The number of hydrogen-bond acceptors (Lipinski definition) is 3. The van der Waals surface area contributed by atoms with Crippen molar-refractivity contribution in [3.63, 3.8) is 0 Å². The number of quaternary nitrogens is 1. The third-order valence-electron chi connectivity index (χ3n) is 5.98. The van der Waals surface area contributed by atoms with Gasteiger partial charge in [-0.1, -0.05) is 0 Å². The van der Waals surface area contributed by atoms with Crippen molar-refractivity contribution < 1.29 is 19.2 Å². The van der Waals surface area contributed by atoms with E-state index in [1.165, 1.54) is 4.90 Å². The molecule has 1 amide bonds. The average Bonchev–Trinajstić information content (AvgIpc) is 2.90. The number of hydrogen-bond donors (Lipinski definition) is 2. The van der Waals surface area contributed by atoms with E-state index in [4.69, 9.17) is 10.5 Å². The van der Waals surface area contributed by atoms with Crippen molar-refractivity contribution in [3.8, 4) is 5.75 Å². The number of likely N-dealkylation sites (tertiary alicyclic amines) is 1. The molecule has 1 aliphatic heterocycles. The Hall–Kier alpha value is -2.34. The first kappa shape index (κ1) is 18.5. The first-order valence-corrected chi connectivity index (χ1v) is 9.16. The quantitative estimate of drug-likeness (QED) is 0.778. The lowest BCUT2D eigenvalue weighted by molar-refractivity contribution is -0.919. The molecule has 1 aromatic heterocycles. The number of benzene rings is 1. The lowest BCUT2D eigenvalue weighted by Crippen LogP contribution is -3.17. The standard InChI is InChI=1S/C20H27N3O3/c1-12-18(16-11-15(26-4)5-6-17(16)22(12)3)19(24)13(2)23-9-7-14(8-10-23)20(21)25/h5-6,11,13-14H,7-10H2,1-4H3,(H2,21,25)/p+1/t13-/m0/s1. The largest absolute Gasteiger partial charge is 0.497 e. The van der Waals surface area contributed by atoms with Gasteiger partial charge in [0.05, 0.1) is 25.8 Å². The maximum absolute atomic E-state index is 13.3. The second-order valence-corrected chi connectivity index (χ2v) is 7.32. The Morgan fingerprint density at radius 1 is 1.31 bits per heavy atom. The van der Waals surface area contributed by atoms with Gasteiger partial charge >= 0.3 is 0 Å². The fourth-order valence-electron chi connectivity index (χ4n) is 4.10. The van der Waals surface area contributed by atoms with Gasteiger partial charge in [-0.05, 0) is 32.0 Å². The minimum atomic E-state index is -0.222. The molecule has 6 nitrogen and oxygen atoms in total. The first-order valence-electron chi connectivity index (χ1n) is 9.16. The van der Waals surface area contributed by atoms with Gasteiger partial charge in [0, 0.05) is 42.4 Å². The van der Waals surface area contributed by atoms with E-state index in [1.54, 1.807) is 7.11 Å². The highest BCUT2D eigenvalue weighted by Gasteiger charge is 2.34. The molecule has 0 aliphatic carbocycles. The molecule has 2 heterocycles. The summed E-state index contributed by atoms with van der Waals surface area (Å²) in [4.78, 5) is 25.9. The molecule has 2 aromatic rings. The summed E-state index contributed by atoms with van der Waals surface area (Å²) in [6, 6.07) is 5.70. The van der Waals surface area contributed by atoms with Crippen molar-refractivity contribution in [2.24, 2.45) is 18.7 Å². The minimum absolute atomic E-state index is 0.0513. The van der Waals surface area contributed by atoms with Gasteiger partial charge in [0.1, 0.15) is 11.8 Å². The molecule has 3 rings (SSSR count). The first-order chi connectivity index (χ1) is 12.3. The van der Waals surface area contributed by atoms with Gasteiger partial charge in [-0.15, -0.1) is 0 Å². The maximum atomic E-state index is 13.3. The van der Waals surface area contributed by atoms with Crippen molar-refractivity contribution in [1.29, 1.82) is 0 Å². The van der Waals surface area contributed by atoms with E-state index in [9.17, 15) is 9.59 Å². The number of ketones is 1. The summed E-state index contributed by atoms with van der Waals surface area (Å²) in [7, 11) is 3.62. The Labute approximate surface area is 153 Å². The lowest BCUT2D eigenvalue weighted by Gasteiger charge is -2.31. The van der Waals surface area contributed by atoms with Crippen LogP contribution in [0.1, 0.15) is 35.8 Å². The van der Waals surface area contributed by atoms with Crippen LogP contribution in [0.5, 0.6) is 5.75 Å². The third-order valence-corrected chi connectivity index (χ3v) is 5.98. The Morgan fingerprint density at radius 2 is 1.96 bits per heavy atom. The highest BCUT2D eigenvalue weighted by Crippen LogP contribution is 2.29. The number of rotatable bonds is 5. The molecule has 0 spiro atoms. The Balaban J connectivity index is 1.90. The number of amides is 1. The van der Waals surface area contributed by atoms with Crippen molar-refractivity contribution in [2.45, 2.75) is 32.7 Å². The zero-order valence-corrected chi connectivity index (χ0v) is 16.0. The van der Waals surface area contributed by atoms with E-state index in [2.05, 4.69) is 4.57 Å². The summed E-state index contributed by atoms with van der Waals surface area (Å²) in [6.07, 6.45) is 1.51. The van der Waals surface area contributed by atoms with Crippen LogP contribution in [-0.2, 0) is 11.8 Å². The van der Waals surface area contributed by atoms with Crippen LogP contribution < -0.4 is 15.4 Å². The van der Waals surface area contributed by atoms with E-state index in [1.807, 2.05) is 39.1 Å². The van der Waals surface area contributed by atoms with Crippen LogP contribution in [0.4, 0.5) is 0 Å². The van der Waals surface area contributed by atoms with Crippen LogP contribution in [0.15, 0.2) is 18.2 Å². The summed E-state index contributed by atoms with van der Waals surface area (Å²) in [5.74, 6) is 0.623. The number of fused-ring (bicyclic) bond motifs is 1. The predicted octanol–water partition coefficient (Wildman–Crippen LogP) is 0.847. The number of primary amides is 1. The molecule has 1 atom stereocenters. The van der Waals surface area contributed by atoms with Gasteiger partial charge in [-0.25, -0.2) is 0 Å². The number of carbonyl (C=O) groups is 2. The molecular weight excluding hydrogens is 330 g/mol. The zero-order valence-electron chi connectivity index (χ0n) is 16.0. The smallest absolute Gasteiger partial charge is 0.222 e. The number of piperidine rings is 1. The van der Waals surface area contributed by atoms with Crippen molar-refractivity contribution in [2.75, 3.05) is 20.2 Å². The number of Topliss-reactive ketones (excluding diaryl/α,β-unsaturated/α-hetero) is 1. The van der Waals surface area contributed by atoms with Gasteiger partial charge < -0.3 is 19.9 Å². The molecule has 3 N–H and O–H groups in total. The molecule has 0 radical (unpaired) electrons. The summed E-state index contributed by atoms with van der Waals surface area (Å²) in [6.45, 7) is 5.57. The summed E-state index contributed by atoms with van der Waals surface area (Å²) < 4.78 is 7.41. The van der Waals surface area contributed by atoms with E-state index < -0.39 is 0 Å². The van der Waals surface area contributed by atoms with Gasteiger partial charge in [0.25, 0.3) is 0 Å². The molecule has 1 fully saturated rings. The average molecular weight is 358 g/mol. The molecule has 140 valence electrons. The van der Waals surface area contributed by atoms with Gasteiger partial charge in [0.2, 0.25) is 11.7 Å². The molecule has 0 saturated carbocycles. The molecule has 6 heteroatoms. The van der Waals surface area contributed by atoms with Gasteiger partial charge in [-0.2, -0.15) is 0 Å². The highest BCUT2D eigenvalue weighted by atomic mass is 16.5. The Morgan fingerprint density at radius 3 is 2.54 bits per heavy atom. The second-order valence-electron chi connectivity index (χ2n) is 7.32. The number of aromatic nitrogens is 1. The molecule has 26 heavy (non-hydrogen) atoms. The normalized spacial score (nSPS) is 21.5. The lowest BCUT2D eigenvalue weighted by atomic mass is 9.93. The number of ether oxygens (including phenoxy) is 1. The monoisotopic (exact) mass is 358 g/mol. The van der Waals surface area contributed by atoms with Crippen LogP contribution in [0.3, 0.4) is 0 Å². The second kappa shape index (κ2) is 7.11. The van der Waals surface area contributed by atoms with E-state index in [-0.39, 0.29) is 23.7 Å². The maximum Gasteiger partial charge on any atom is 0.222 e. The fourth-order valence-corrected chi connectivity index (χ4v) is 4.10. The molecule has 0 unspecified atom stereocenters. The summed E-state index contributed by atoms with van der Waals surface area (Å²) >= 11 is 0. The van der Waals surface area contributed by atoms with Crippen LogP contribution in [0.25, 0.3) is 10.9 Å². The van der Waals surface area contributed by atoms with Crippen LogP contribution in [0, 0.1) is 12.8 Å². The number of nitrogens with zero attached hydrogens (tertiary/aromatic N) is 1. The number of carbonyl (C=O) groups excluding carboxylic acids is 2. The summed E-state index contributed by atoms with van der Waals surface area (Å²) in [5.41, 5.74) is 8.20. The zero-order chi connectivity index (χ0) is 19.0. The van der Waals surface area contributed by atoms with Crippen molar-refractivity contribution >= 4 is 22.6 Å². The SMILES string of the molecule is COc1ccc2c(c1)c(C(=O)[C@H](C)[NH+]1CCC(C(N)=O)CC1)c(C)n2C. The van der Waals surface area contributed by atoms with E-state index >= 15 is 0 Å². The van der Waals surface area contributed by atoms with Crippen LogP contribution >= 0.6 is 0 Å². The molecular formula is C20H28N3O3+. The molecule has 1 aliphatic rings. The number of nitrogens with one attached hydrogen (secondary N) is 1. The Kier molecular flexibility index (Phi) is 5.05.